The number of hydrogen-bond donors (Lipinski definition) is 0. The van der Waals surface area contributed by atoms with Gasteiger partial charge in [0.1, 0.15) is 0 Å². The van der Waals surface area contributed by atoms with Crippen molar-refractivity contribution >= 4 is 5.78 Å². The average molecular weight is 212 g/mol. The summed E-state index contributed by atoms with van der Waals surface area (Å²) in [7, 11) is 2.71. The van der Waals surface area contributed by atoms with Crippen LogP contribution in [0, 0.1) is 12.7 Å². The second-order valence-electron chi connectivity index (χ2n) is 3.17. The number of ketones is 1. The number of halogens is 1. The van der Waals surface area contributed by atoms with E-state index in [-0.39, 0.29) is 17.3 Å². The Hall–Kier alpha value is -1.58. The fraction of sp³-hybridized carbons (Fsp3) is 0.364. The number of Topliss-reactive ketones (excluding diaryl/α,β-unsaturated/α-hetero) is 1. The quantitative estimate of drug-likeness (QED) is 0.721. The second kappa shape index (κ2) is 4.29. The lowest BCUT2D eigenvalue weighted by Gasteiger charge is -2.13. The maximum Gasteiger partial charge on any atom is 0.197 e. The topological polar surface area (TPSA) is 35.5 Å². The lowest BCUT2D eigenvalue weighted by Crippen LogP contribution is -2.04. The third-order valence-corrected chi connectivity index (χ3v) is 2.15. The van der Waals surface area contributed by atoms with Crippen molar-refractivity contribution in [1.82, 2.24) is 0 Å². The van der Waals surface area contributed by atoms with Crippen molar-refractivity contribution in [2.75, 3.05) is 14.2 Å². The van der Waals surface area contributed by atoms with E-state index in [1.807, 2.05) is 0 Å². The molecule has 0 saturated carbocycles. The van der Waals surface area contributed by atoms with Crippen LogP contribution in [0.4, 0.5) is 4.39 Å². The van der Waals surface area contributed by atoms with Crippen LogP contribution in [-0.2, 0) is 0 Å². The number of methoxy groups -OCH3 is 2. The van der Waals surface area contributed by atoms with Crippen molar-refractivity contribution in [1.29, 1.82) is 0 Å². The molecule has 0 aliphatic heterocycles. The molecule has 0 atom stereocenters. The Morgan fingerprint density at radius 3 is 2.20 bits per heavy atom. The summed E-state index contributed by atoms with van der Waals surface area (Å²) in [5.74, 6) is -0.588. The third kappa shape index (κ3) is 1.93. The minimum Gasteiger partial charge on any atom is -0.492 e. The minimum atomic E-state index is -0.531. The molecule has 3 nitrogen and oxygen atoms in total. The molecule has 15 heavy (non-hydrogen) atoms. The molecule has 1 rings (SSSR count). The van der Waals surface area contributed by atoms with Crippen LogP contribution in [0.3, 0.4) is 0 Å². The average Bonchev–Trinajstić information content (AvgIpc) is 2.15. The molecule has 0 fully saturated rings. The van der Waals surface area contributed by atoms with Crippen molar-refractivity contribution in [3.05, 3.63) is 23.0 Å². The van der Waals surface area contributed by atoms with Crippen LogP contribution in [0.2, 0.25) is 0 Å². The minimum absolute atomic E-state index is 0.0340. The molecule has 82 valence electrons. The SMILES string of the molecule is COc1c(F)cc(C)c(C(C)=O)c1OC. The van der Waals surface area contributed by atoms with Crippen molar-refractivity contribution in [2.24, 2.45) is 0 Å². The zero-order valence-corrected chi connectivity index (χ0v) is 9.18. The van der Waals surface area contributed by atoms with Crippen LogP contribution in [0.25, 0.3) is 0 Å². The molecule has 0 heterocycles. The van der Waals surface area contributed by atoms with Crippen molar-refractivity contribution in [2.45, 2.75) is 13.8 Å². The predicted molar refractivity (Wildman–Crippen MR) is 54.2 cm³/mol. The Morgan fingerprint density at radius 2 is 1.80 bits per heavy atom. The Balaban J connectivity index is 3.56. The van der Waals surface area contributed by atoms with E-state index in [4.69, 9.17) is 9.47 Å². The maximum absolute atomic E-state index is 13.4. The summed E-state index contributed by atoms with van der Waals surface area (Å²) < 4.78 is 23.3. The van der Waals surface area contributed by atoms with Gasteiger partial charge in [-0.1, -0.05) is 0 Å². The standard InChI is InChI=1S/C11H13FO3/c1-6-5-8(12)10(14-3)11(15-4)9(6)7(2)13/h5H,1-4H3. The van der Waals surface area contributed by atoms with E-state index >= 15 is 0 Å². The lowest BCUT2D eigenvalue weighted by molar-refractivity contribution is 0.101. The van der Waals surface area contributed by atoms with E-state index in [1.54, 1.807) is 6.92 Å². The highest BCUT2D eigenvalue weighted by atomic mass is 19.1. The van der Waals surface area contributed by atoms with E-state index in [1.165, 1.54) is 27.2 Å². The predicted octanol–water partition coefficient (Wildman–Crippen LogP) is 2.35. The van der Waals surface area contributed by atoms with Gasteiger partial charge in [-0.2, -0.15) is 0 Å². The second-order valence-corrected chi connectivity index (χ2v) is 3.17. The first kappa shape index (κ1) is 11.5. The molecule has 0 N–H and O–H groups in total. The number of benzene rings is 1. The van der Waals surface area contributed by atoms with Gasteiger partial charge in [0.25, 0.3) is 0 Å². The molecule has 0 bridgehead atoms. The zero-order valence-electron chi connectivity index (χ0n) is 9.18. The van der Waals surface area contributed by atoms with Gasteiger partial charge in [-0.15, -0.1) is 0 Å². The molecule has 0 aliphatic rings. The summed E-state index contributed by atoms with van der Waals surface area (Å²) in [6, 6.07) is 1.26. The van der Waals surface area contributed by atoms with Gasteiger partial charge in [0.15, 0.2) is 23.1 Å². The molecule has 0 unspecified atom stereocenters. The monoisotopic (exact) mass is 212 g/mol. The molecule has 4 heteroatoms. The summed E-state index contributed by atoms with van der Waals surface area (Å²) in [4.78, 5) is 11.4. The first-order valence-corrected chi connectivity index (χ1v) is 4.45. The lowest BCUT2D eigenvalue weighted by atomic mass is 10.0. The molecule has 0 saturated heterocycles. The fourth-order valence-electron chi connectivity index (χ4n) is 1.55. The molecule has 0 radical (unpaired) electrons. The Kier molecular flexibility index (Phi) is 3.29. The highest BCUT2D eigenvalue weighted by Gasteiger charge is 2.20. The van der Waals surface area contributed by atoms with Gasteiger partial charge in [-0.3, -0.25) is 4.79 Å². The highest BCUT2D eigenvalue weighted by molar-refractivity contribution is 5.99. The van der Waals surface area contributed by atoms with Crippen LogP contribution < -0.4 is 9.47 Å². The van der Waals surface area contributed by atoms with Gasteiger partial charge < -0.3 is 9.47 Å². The van der Waals surface area contributed by atoms with Crippen molar-refractivity contribution in [3.8, 4) is 11.5 Å². The highest BCUT2D eigenvalue weighted by Crippen LogP contribution is 2.36. The van der Waals surface area contributed by atoms with E-state index in [0.717, 1.165) is 0 Å². The van der Waals surface area contributed by atoms with E-state index < -0.39 is 5.82 Å². The molecular formula is C11H13FO3. The number of rotatable bonds is 3. The van der Waals surface area contributed by atoms with Gasteiger partial charge in [0.05, 0.1) is 19.8 Å². The van der Waals surface area contributed by atoms with Gasteiger partial charge in [-0.05, 0) is 25.5 Å². The Labute approximate surface area is 87.8 Å². The summed E-state index contributed by atoms with van der Waals surface area (Å²) in [6.45, 7) is 3.06. The largest absolute Gasteiger partial charge is 0.492 e. The fourth-order valence-corrected chi connectivity index (χ4v) is 1.55. The van der Waals surface area contributed by atoms with Crippen LogP contribution >= 0.6 is 0 Å². The molecule has 0 amide bonds. The molecule has 1 aromatic carbocycles. The van der Waals surface area contributed by atoms with E-state index in [0.29, 0.717) is 11.1 Å². The number of carbonyl (C=O) groups is 1. The molecule has 0 spiro atoms. The van der Waals surface area contributed by atoms with Crippen LogP contribution in [0.5, 0.6) is 11.5 Å². The summed E-state index contributed by atoms with van der Waals surface area (Å²) >= 11 is 0. The summed E-state index contributed by atoms with van der Waals surface area (Å²) in [5.41, 5.74) is 0.897. The zero-order chi connectivity index (χ0) is 11.6. The van der Waals surface area contributed by atoms with Gasteiger partial charge in [-0.25, -0.2) is 4.39 Å². The Morgan fingerprint density at radius 1 is 1.27 bits per heavy atom. The van der Waals surface area contributed by atoms with E-state index in [9.17, 15) is 9.18 Å². The summed E-state index contributed by atoms with van der Waals surface area (Å²) in [6.07, 6.45) is 0. The maximum atomic E-state index is 13.4. The molecular weight excluding hydrogens is 199 g/mol. The first-order chi connectivity index (χ1) is 7.02. The first-order valence-electron chi connectivity index (χ1n) is 4.45. The van der Waals surface area contributed by atoms with E-state index in [2.05, 4.69) is 0 Å². The van der Waals surface area contributed by atoms with Crippen LogP contribution in [0.1, 0.15) is 22.8 Å². The smallest absolute Gasteiger partial charge is 0.197 e. The number of carbonyl (C=O) groups excluding carboxylic acids is 1. The number of hydrogen-bond acceptors (Lipinski definition) is 3. The van der Waals surface area contributed by atoms with Crippen LogP contribution in [0.15, 0.2) is 6.07 Å². The molecule has 0 aliphatic carbocycles. The van der Waals surface area contributed by atoms with Crippen LogP contribution in [-0.4, -0.2) is 20.0 Å². The van der Waals surface area contributed by atoms with Gasteiger partial charge in [0.2, 0.25) is 0 Å². The van der Waals surface area contributed by atoms with Gasteiger partial charge in [0, 0.05) is 0 Å². The van der Waals surface area contributed by atoms with Gasteiger partial charge >= 0.3 is 0 Å². The normalized spacial score (nSPS) is 9.93. The summed E-state index contributed by atoms with van der Waals surface area (Å²) in [5, 5.41) is 0. The number of ether oxygens (including phenoxy) is 2. The van der Waals surface area contributed by atoms with Crippen molar-refractivity contribution < 1.29 is 18.7 Å². The van der Waals surface area contributed by atoms with Crippen molar-refractivity contribution in [3.63, 3.8) is 0 Å². The number of aryl methyl sites for hydroxylation is 1. The molecule has 0 aromatic heterocycles. The Bertz CT molecular complexity index is 399. The molecule has 1 aromatic rings. The third-order valence-electron chi connectivity index (χ3n) is 2.15.